The van der Waals surface area contributed by atoms with Crippen LogP contribution < -0.4 is 0 Å². The van der Waals surface area contributed by atoms with Gasteiger partial charge in [-0.3, -0.25) is 9.48 Å². The Labute approximate surface area is 147 Å². The zero-order chi connectivity index (χ0) is 18.0. The first-order valence-electron chi connectivity index (χ1n) is 8.57. The van der Waals surface area contributed by atoms with E-state index in [4.69, 9.17) is 4.74 Å². The summed E-state index contributed by atoms with van der Waals surface area (Å²) in [6.45, 7) is 5.57. The lowest BCUT2D eigenvalue weighted by molar-refractivity contribution is 0.0677. The van der Waals surface area contributed by atoms with Crippen molar-refractivity contribution in [2.45, 2.75) is 45.4 Å². The first kappa shape index (κ1) is 17.5. The van der Waals surface area contributed by atoms with Gasteiger partial charge in [0.15, 0.2) is 11.5 Å². The van der Waals surface area contributed by atoms with Crippen molar-refractivity contribution in [3.05, 3.63) is 24.0 Å². The van der Waals surface area contributed by atoms with Crippen LogP contribution >= 0.6 is 0 Å². The van der Waals surface area contributed by atoms with Gasteiger partial charge in [0.1, 0.15) is 6.33 Å². The zero-order valence-corrected chi connectivity index (χ0v) is 15.2. The molecule has 2 aromatic rings. The van der Waals surface area contributed by atoms with E-state index in [0.29, 0.717) is 24.6 Å². The molecule has 0 unspecified atom stereocenters. The average Bonchev–Trinajstić information content (AvgIpc) is 3.31. The van der Waals surface area contributed by atoms with Gasteiger partial charge in [-0.05, 0) is 12.3 Å². The molecule has 3 rings (SSSR count). The monoisotopic (exact) mass is 347 g/mol. The van der Waals surface area contributed by atoms with E-state index < -0.39 is 0 Å². The molecule has 0 radical (unpaired) electrons. The summed E-state index contributed by atoms with van der Waals surface area (Å²) in [4.78, 5) is 14.7. The van der Waals surface area contributed by atoms with Crippen molar-refractivity contribution in [3.8, 4) is 0 Å². The van der Waals surface area contributed by atoms with E-state index in [1.165, 1.54) is 0 Å². The van der Waals surface area contributed by atoms with E-state index >= 15 is 0 Å². The number of carbonyl (C=O) groups is 1. The van der Waals surface area contributed by atoms with Gasteiger partial charge in [-0.25, -0.2) is 0 Å². The number of amides is 1. The fourth-order valence-corrected chi connectivity index (χ4v) is 3.07. The molecule has 0 aromatic carbocycles. The molecule has 9 nitrogen and oxygen atoms in total. The van der Waals surface area contributed by atoms with Crippen LogP contribution in [0.3, 0.4) is 0 Å². The third-order valence-corrected chi connectivity index (χ3v) is 4.59. The molecule has 2 aromatic heterocycles. The van der Waals surface area contributed by atoms with Crippen molar-refractivity contribution in [2.24, 2.45) is 13.0 Å². The highest BCUT2D eigenvalue weighted by atomic mass is 16.5. The minimum Gasteiger partial charge on any atom is -0.380 e. The number of rotatable bonds is 6. The Balaban J connectivity index is 1.78. The molecule has 9 heteroatoms. The third-order valence-electron chi connectivity index (χ3n) is 4.59. The van der Waals surface area contributed by atoms with Gasteiger partial charge in [0.25, 0.3) is 5.91 Å². The van der Waals surface area contributed by atoms with E-state index in [-0.39, 0.29) is 18.1 Å². The number of hydrogen-bond donors (Lipinski definition) is 0. The van der Waals surface area contributed by atoms with Crippen molar-refractivity contribution >= 4 is 5.91 Å². The summed E-state index contributed by atoms with van der Waals surface area (Å²) in [5, 5.41) is 16.2. The molecule has 1 amide bonds. The van der Waals surface area contributed by atoms with Crippen molar-refractivity contribution in [1.29, 1.82) is 0 Å². The van der Waals surface area contributed by atoms with Crippen molar-refractivity contribution < 1.29 is 9.53 Å². The van der Waals surface area contributed by atoms with Crippen LogP contribution in [0.4, 0.5) is 0 Å². The molecule has 1 fully saturated rings. The molecule has 3 heterocycles. The van der Waals surface area contributed by atoms with E-state index in [1.54, 1.807) is 29.2 Å². The summed E-state index contributed by atoms with van der Waals surface area (Å²) >= 11 is 0. The number of ether oxygens (including phenoxy) is 1. The maximum absolute atomic E-state index is 13.0. The topological polar surface area (TPSA) is 91.0 Å². The summed E-state index contributed by atoms with van der Waals surface area (Å²) in [5.74, 6) is 1.17. The van der Waals surface area contributed by atoms with Gasteiger partial charge in [0.2, 0.25) is 0 Å². The van der Waals surface area contributed by atoms with Gasteiger partial charge in [-0.1, -0.05) is 19.1 Å². The third kappa shape index (κ3) is 3.71. The Bertz CT molecular complexity index is 724. The minimum absolute atomic E-state index is 0.0263. The van der Waals surface area contributed by atoms with Crippen molar-refractivity contribution in [2.75, 3.05) is 13.7 Å². The second-order valence-corrected chi connectivity index (χ2v) is 6.92. The van der Waals surface area contributed by atoms with Crippen LogP contribution in [0.5, 0.6) is 0 Å². The number of carbonyl (C=O) groups excluding carboxylic acids is 1. The van der Waals surface area contributed by atoms with E-state index in [2.05, 4.69) is 34.4 Å². The number of aryl methyl sites for hydroxylation is 2. The van der Waals surface area contributed by atoms with Gasteiger partial charge < -0.3 is 14.2 Å². The lowest BCUT2D eigenvalue weighted by atomic mass is 10.1. The van der Waals surface area contributed by atoms with Crippen LogP contribution in [0.25, 0.3) is 0 Å². The maximum atomic E-state index is 13.0. The summed E-state index contributed by atoms with van der Waals surface area (Å²) < 4.78 is 9.04. The molecule has 1 saturated heterocycles. The van der Waals surface area contributed by atoms with Crippen LogP contribution in [0.1, 0.15) is 49.0 Å². The highest BCUT2D eigenvalue weighted by Crippen LogP contribution is 2.32. The van der Waals surface area contributed by atoms with Crippen LogP contribution in [0.15, 0.2) is 12.5 Å². The van der Waals surface area contributed by atoms with Crippen LogP contribution in [0.2, 0.25) is 0 Å². The van der Waals surface area contributed by atoms with Crippen LogP contribution in [0, 0.1) is 5.92 Å². The van der Waals surface area contributed by atoms with E-state index in [9.17, 15) is 4.79 Å². The van der Waals surface area contributed by atoms with E-state index in [1.807, 2.05) is 11.6 Å². The second kappa shape index (κ2) is 7.30. The number of nitrogens with zero attached hydrogens (tertiary/aromatic N) is 7. The van der Waals surface area contributed by atoms with Crippen LogP contribution in [-0.2, 0) is 18.3 Å². The molecule has 1 aliphatic rings. The highest BCUT2D eigenvalue weighted by molar-refractivity contribution is 5.92. The molecule has 0 N–H and O–H groups in total. The molecular formula is C16H25N7O2. The molecule has 136 valence electrons. The standard InChI is InChI=1S/C16H25N7O2/c1-11(2)5-6-22-9-13(18-20-22)16(24)23-8-12(25-4)7-14(23)15-19-17-10-21(15)3/h9-12,14H,5-8H2,1-4H3/t12-,14+/m1/s1. The second-order valence-electron chi connectivity index (χ2n) is 6.92. The quantitative estimate of drug-likeness (QED) is 0.776. The normalized spacial score (nSPS) is 20.6. The van der Waals surface area contributed by atoms with Crippen molar-refractivity contribution in [3.63, 3.8) is 0 Å². The highest BCUT2D eigenvalue weighted by Gasteiger charge is 2.39. The molecule has 1 aliphatic heterocycles. The Morgan fingerprint density at radius 1 is 1.40 bits per heavy atom. The Kier molecular flexibility index (Phi) is 5.12. The molecule has 0 aliphatic carbocycles. The van der Waals surface area contributed by atoms with E-state index in [0.717, 1.165) is 18.8 Å². The number of hydrogen-bond acceptors (Lipinski definition) is 6. The Hall–Kier alpha value is -2.29. The molecule has 2 atom stereocenters. The summed E-state index contributed by atoms with van der Waals surface area (Å²) in [6.07, 6.45) is 5.02. The van der Waals surface area contributed by atoms with Gasteiger partial charge >= 0.3 is 0 Å². The van der Waals surface area contributed by atoms with Gasteiger partial charge in [-0.2, -0.15) is 0 Å². The molecule has 0 bridgehead atoms. The predicted octanol–water partition coefficient (Wildman–Crippen LogP) is 1.05. The maximum Gasteiger partial charge on any atom is 0.276 e. The lowest BCUT2D eigenvalue weighted by Gasteiger charge is -2.22. The molecule has 25 heavy (non-hydrogen) atoms. The molecular weight excluding hydrogens is 322 g/mol. The summed E-state index contributed by atoms with van der Waals surface area (Å²) in [7, 11) is 3.54. The Morgan fingerprint density at radius 2 is 2.20 bits per heavy atom. The molecule has 0 saturated carbocycles. The fourth-order valence-electron chi connectivity index (χ4n) is 3.07. The first-order chi connectivity index (χ1) is 12.0. The summed E-state index contributed by atoms with van der Waals surface area (Å²) in [6, 6.07) is -0.175. The molecule has 0 spiro atoms. The smallest absolute Gasteiger partial charge is 0.276 e. The average molecular weight is 347 g/mol. The lowest BCUT2D eigenvalue weighted by Crippen LogP contribution is -2.33. The fraction of sp³-hybridized carbons (Fsp3) is 0.688. The van der Waals surface area contributed by atoms with Crippen LogP contribution in [-0.4, -0.2) is 60.3 Å². The Morgan fingerprint density at radius 3 is 2.84 bits per heavy atom. The summed E-state index contributed by atoms with van der Waals surface area (Å²) in [5.41, 5.74) is 0.354. The van der Waals surface area contributed by atoms with Gasteiger partial charge in [0, 0.05) is 33.7 Å². The number of aromatic nitrogens is 6. The predicted molar refractivity (Wildman–Crippen MR) is 89.7 cm³/mol. The number of likely N-dealkylation sites (tertiary alicyclic amines) is 1. The first-order valence-corrected chi connectivity index (χ1v) is 8.57. The zero-order valence-electron chi connectivity index (χ0n) is 15.2. The van der Waals surface area contributed by atoms with Crippen molar-refractivity contribution in [1.82, 2.24) is 34.7 Å². The van der Waals surface area contributed by atoms with Gasteiger partial charge in [0.05, 0.1) is 18.3 Å². The number of methoxy groups -OCH3 is 1. The SMILES string of the molecule is CO[C@@H]1C[C@@H](c2nncn2C)N(C(=O)c2cn(CCC(C)C)nn2)C1. The van der Waals surface area contributed by atoms with Gasteiger partial charge in [-0.15, -0.1) is 15.3 Å². The minimum atomic E-state index is -0.175. The largest absolute Gasteiger partial charge is 0.380 e.